The smallest absolute Gasteiger partial charge is 0.0994 e. The molecular formula is C20H24N2. The molecule has 2 aromatic carbocycles. The molecule has 0 N–H and O–H groups in total. The molecule has 0 aromatic heterocycles. The largest absolute Gasteiger partial charge is 0.302 e. The minimum absolute atomic E-state index is 0.804. The molecule has 2 aromatic rings. The molecule has 0 aliphatic carbocycles. The molecule has 0 amide bonds. The summed E-state index contributed by atoms with van der Waals surface area (Å²) in [5, 5.41) is 9.39. The lowest BCUT2D eigenvalue weighted by molar-refractivity contribution is 0.312. The molecule has 2 nitrogen and oxygen atoms in total. The van der Waals surface area contributed by atoms with Crippen molar-refractivity contribution < 1.29 is 0 Å². The average molecular weight is 292 g/mol. The quantitative estimate of drug-likeness (QED) is 0.771. The van der Waals surface area contributed by atoms with Gasteiger partial charge in [0.2, 0.25) is 0 Å². The summed E-state index contributed by atoms with van der Waals surface area (Å²) in [5.74, 6) is 0. The third kappa shape index (κ3) is 3.05. The van der Waals surface area contributed by atoms with Gasteiger partial charge in [-0.25, -0.2) is 0 Å². The molecule has 0 spiro atoms. The van der Waals surface area contributed by atoms with Crippen molar-refractivity contribution in [2.24, 2.45) is 0 Å². The summed E-state index contributed by atoms with van der Waals surface area (Å²) in [6.45, 7) is 8.10. The van der Waals surface area contributed by atoms with Crippen molar-refractivity contribution in [1.29, 1.82) is 5.26 Å². The first-order chi connectivity index (χ1) is 10.7. The van der Waals surface area contributed by atoms with Crippen molar-refractivity contribution in [2.45, 2.75) is 33.7 Å². The van der Waals surface area contributed by atoms with Crippen molar-refractivity contribution in [1.82, 2.24) is 4.90 Å². The highest BCUT2D eigenvalue weighted by Crippen LogP contribution is 2.33. The van der Waals surface area contributed by atoms with Crippen LogP contribution in [-0.2, 0) is 13.0 Å². The number of nitriles is 1. The molecule has 0 atom stereocenters. The van der Waals surface area contributed by atoms with Crippen LogP contribution < -0.4 is 0 Å². The Morgan fingerprint density at radius 3 is 2.41 bits per heavy atom. The Morgan fingerprint density at radius 2 is 1.77 bits per heavy atom. The SMILES string of the molecule is CC.Cc1c(C#N)cc(-c2ccccc2)c2c1CN(C)CC2. The van der Waals surface area contributed by atoms with E-state index in [9.17, 15) is 5.26 Å². The van der Waals surface area contributed by atoms with Crippen LogP contribution in [0.25, 0.3) is 11.1 Å². The fourth-order valence-corrected chi connectivity index (χ4v) is 3.03. The van der Waals surface area contributed by atoms with Crippen LogP contribution in [0.5, 0.6) is 0 Å². The monoisotopic (exact) mass is 292 g/mol. The molecule has 0 saturated carbocycles. The van der Waals surface area contributed by atoms with Crippen LogP contribution in [0.15, 0.2) is 36.4 Å². The minimum Gasteiger partial charge on any atom is -0.302 e. The Kier molecular flexibility index (Phi) is 5.35. The van der Waals surface area contributed by atoms with E-state index in [1.165, 1.54) is 22.3 Å². The zero-order chi connectivity index (χ0) is 16.1. The van der Waals surface area contributed by atoms with E-state index in [1.54, 1.807) is 0 Å². The van der Waals surface area contributed by atoms with E-state index in [0.29, 0.717) is 0 Å². The maximum absolute atomic E-state index is 9.39. The van der Waals surface area contributed by atoms with Crippen LogP contribution in [-0.4, -0.2) is 18.5 Å². The highest BCUT2D eigenvalue weighted by molar-refractivity contribution is 5.72. The topological polar surface area (TPSA) is 27.0 Å². The summed E-state index contributed by atoms with van der Waals surface area (Å²) in [6.07, 6.45) is 1.06. The average Bonchev–Trinajstić information content (AvgIpc) is 2.58. The first-order valence-corrected chi connectivity index (χ1v) is 8.00. The van der Waals surface area contributed by atoms with E-state index >= 15 is 0 Å². The Hall–Kier alpha value is -2.11. The molecule has 3 rings (SSSR count). The number of hydrogen-bond donors (Lipinski definition) is 0. The van der Waals surface area contributed by atoms with Gasteiger partial charge in [-0.2, -0.15) is 5.26 Å². The summed E-state index contributed by atoms with van der Waals surface area (Å²) < 4.78 is 0. The molecule has 0 fully saturated rings. The van der Waals surface area contributed by atoms with Gasteiger partial charge < -0.3 is 4.90 Å². The van der Waals surface area contributed by atoms with E-state index < -0.39 is 0 Å². The maximum Gasteiger partial charge on any atom is 0.0994 e. The molecular weight excluding hydrogens is 268 g/mol. The van der Waals surface area contributed by atoms with Crippen molar-refractivity contribution in [3.8, 4) is 17.2 Å². The van der Waals surface area contributed by atoms with Crippen molar-refractivity contribution >= 4 is 0 Å². The summed E-state index contributed by atoms with van der Waals surface area (Å²) in [5.41, 5.74) is 7.16. The van der Waals surface area contributed by atoms with Gasteiger partial charge in [-0.3, -0.25) is 0 Å². The second-order valence-corrected chi connectivity index (χ2v) is 5.52. The Bertz CT molecular complexity index is 681. The van der Waals surface area contributed by atoms with Crippen molar-refractivity contribution in [3.05, 3.63) is 58.7 Å². The number of nitrogens with zero attached hydrogens (tertiary/aromatic N) is 2. The molecule has 2 heteroatoms. The first-order valence-electron chi connectivity index (χ1n) is 8.00. The lowest BCUT2D eigenvalue weighted by Crippen LogP contribution is -2.28. The zero-order valence-electron chi connectivity index (χ0n) is 14.0. The fourth-order valence-electron chi connectivity index (χ4n) is 3.03. The highest BCUT2D eigenvalue weighted by Gasteiger charge is 2.21. The van der Waals surface area contributed by atoms with Gasteiger partial charge in [-0.15, -0.1) is 0 Å². The summed E-state index contributed by atoms with van der Waals surface area (Å²) in [7, 11) is 2.14. The zero-order valence-corrected chi connectivity index (χ0v) is 14.0. The molecule has 1 aliphatic heterocycles. The van der Waals surface area contributed by atoms with E-state index in [0.717, 1.165) is 30.6 Å². The number of likely N-dealkylation sites (N-methyl/N-ethyl adjacent to an activating group) is 1. The van der Waals surface area contributed by atoms with Gasteiger partial charge in [0.05, 0.1) is 11.6 Å². The van der Waals surface area contributed by atoms with Crippen molar-refractivity contribution in [3.63, 3.8) is 0 Å². The number of hydrogen-bond acceptors (Lipinski definition) is 2. The summed E-state index contributed by atoms with van der Waals surface area (Å²) in [4.78, 5) is 2.32. The highest BCUT2D eigenvalue weighted by atomic mass is 15.1. The molecule has 0 bridgehead atoms. The van der Waals surface area contributed by atoms with Gasteiger partial charge in [0.25, 0.3) is 0 Å². The molecule has 1 heterocycles. The predicted molar refractivity (Wildman–Crippen MR) is 92.7 cm³/mol. The third-order valence-corrected chi connectivity index (χ3v) is 4.21. The Morgan fingerprint density at radius 1 is 1.09 bits per heavy atom. The first kappa shape index (κ1) is 16.3. The van der Waals surface area contributed by atoms with Gasteiger partial charge in [-0.1, -0.05) is 44.2 Å². The van der Waals surface area contributed by atoms with Gasteiger partial charge in [0, 0.05) is 13.1 Å². The van der Waals surface area contributed by atoms with E-state index in [1.807, 2.05) is 19.9 Å². The Labute approximate surface area is 134 Å². The number of benzene rings is 2. The van der Waals surface area contributed by atoms with Crippen LogP contribution in [0, 0.1) is 18.3 Å². The third-order valence-electron chi connectivity index (χ3n) is 4.21. The van der Waals surface area contributed by atoms with Crippen LogP contribution >= 0.6 is 0 Å². The molecule has 1 aliphatic rings. The van der Waals surface area contributed by atoms with Gasteiger partial charge in [0.1, 0.15) is 0 Å². The molecule has 0 unspecified atom stereocenters. The molecule has 0 radical (unpaired) electrons. The lowest BCUT2D eigenvalue weighted by atomic mass is 9.86. The predicted octanol–water partition coefficient (Wildman–Crippen LogP) is 4.55. The van der Waals surface area contributed by atoms with Crippen LogP contribution in [0.4, 0.5) is 0 Å². The van der Waals surface area contributed by atoms with E-state index in [4.69, 9.17) is 0 Å². The molecule has 114 valence electrons. The number of rotatable bonds is 1. The van der Waals surface area contributed by atoms with Crippen LogP contribution in [0.3, 0.4) is 0 Å². The fraction of sp³-hybridized carbons (Fsp3) is 0.350. The van der Waals surface area contributed by atoms with Gasteiger partial charge >= 0.3 is 0 Å². The number of fused-ring (bicyclic) bond motifs is 1. The maximum atomic E-state index is 9.39. The van der Waals surface area contributed by atoms with Crippen molar-refractivity contribution in [2.75, 3.05) is 13.6 Å². The lowest BCUT2D eigenvalue weighted by Gasteiger charge is -2.29. The van der Waals surface area contributed by atoms with E-state index in [2.05, 4.69) is 55.3 Å². The summed E-state index contributed by atoms with van der Waals surface area (Å²) >= 11 is 0. The minimum atomic E-state index is 0.804. The second-order valence-electron chi connectivity index (χ2n) is 5.52. The molecule has 0 saturated heterocycles. The van der Waals surface area contributed by atoms with Gasteiger partial charge in [-0.05, 0) is 54.3 Å². The normalized spacial score (nSPS) is 13.6. The van der Waals surface area contributed by atoms with Crippen LogP contribution in [0.1, 0.15) is 36.1 Å². The Balaban J connectivity index is 0.000000847. The van der Waals surface area contributed by atoms with E-state index in [-0.39, 0.29) is 0 Å². The molecule has 22 heavy (non-hydrogen) atoms. The van der Waals surface area contributed by atoms with Gasteiger partial charge in [0.15, 0.2) is 0 Å². The summed E-state index contributed by atoms with van der Waals surface area (Å²) in [6, 6.07) is 14.8. The standard InChI is InChI=1S/C18H18N2.C2H6/c1-13-15(11-19)10-17(14-6-4-3-5-7-14)16-8-9-20(2)12-18(13)16;1-2/h3-7,10H,8-9,12H2,1-2H3;1-2H3. The second kappa shape index (κ2) is 7.24. The van der Waals surface area contributed by atoms with Crippen LogP contribution in [0.2, 0.25) is 0 Å².